The minimum Gasteiger partial charge on any atom is -0.366 e. The summed E-state index contributed by atoms with van der Waals surface area (Å²) < 4.78 is 13.6. The van der Waals surface area contributed by atoms with Crippen molar-refractivity contribution < 1.29 is 9.18 Å². The molecule has 1 aromatic rings. The van der Waals surface area contributed by atoms with E-state index in [0.29, 0.717) is 31.9 Å². The van der Waals surface area contributed by atoms with Crippen LogP contribution >= 0.6 is 0 Å². The standard InChI is InChI=1S/C13H18FN3O/c1-10(15)13(18)17-8-6-16(7-9-17)12-5-3-2-4-11(12)14/h2-5,10H,6-9,15H2,1H3/t10-/m0/s1. The Balaban J connectivity index is 1.99. The van der Waals surface area contributed by atoms with Crippen molar-refractivity contribution in [1.29, 1.82) is 0 Å². The minimum atomic E-state index is -0.468. The van der Waals surface area contributed by atoms with Crippen molar-refractivity contribution in [1.82, 2.24) is 4.90 Å². The number of benzene rings is 1. The summed E-state index contributed by atoms with van der Waals surface area (Å²) in [6.45, 7) is 4.15. The van der Waals surface area contributed by atoms with Gasteiger partial charge in [-0.2, -0.15) is 0 Å². The number of hydrogen-bond donors (Lipinski definition) is 1. The van der Waals surface area contributed by atoms with Crippen molar-refractivity contribution in [3.8, 4) is 0 Å². The Morgan fingerprint density at radius 3 is 2.44 bits per heavy atom. The molecule has 0 unspecified atom stereocenters. The van der Waals surface area contributed by atoms with Crippen LogP contribution in [0.1, 0.15) is 6.92 Å². The van der Waals surface area contributed by atoms with Crippen molar-refractivity contribution in [2.45, 2.75) is 13.0 Å². The molecule has 1 aliphatic rings. The number of nitrogens with two attached hydrogens (primary N) is 1. The van der Waals surface area contributed by atoms with Crippen LogP contribution in [0.3, 0.4) is 0 Å². The van der Waals surface area contributed by atoms with Crippen LogP contribution in [0, 0.1) is 5.82 Å². The average Bonchev–Trinajstić information content (AvgIpc) is 2.38. The van der Waals surface area contributed by atoms with Crippen molar-refractivity contribution in [2.75, 3.05) is 31.1 Å². The Morgan fingerprint density at radius 2 is 1.89 bits per heavy atom. The second kappa shape index (κ2) is 5.35. The lowest BCUT2D eigenvalue weighted by molar-refractivity contribution is -0.132. The Morgan fingerprint density at radius 1 is 1.28 bits per heavy atom. The fraction of sp³-hybridized carbons (Fsp3) is 0.462. The highest BCUT2D eigenvalue weighted by Gasteiger charge is 2.24. The molecule has 98 valence electrons. The average molecular weight is 251 g/mol. The van der Waals surface area contributed by atoms with E-state index in [1.165, 1.54) is 6.07 Å². The molecule has 2 N–H and O–H groups in total. The normalized spacial score (nSPS) is 17.7. The van der Waals surface area contributed by atoms with Gasteiger partial charge in [-0.15, -0.1) is 0 Å². The molecule has 5 heteroatoms. The maximum absolute atomic E-state index is 13.6. The summed E-state index contributed by atoms with van der Waals surface area (Å²) in [6.07, 6.45) is 0. The second-order valence-electron chi connectivity index (χ2n) is 4.55. The third-order valence-electron chi connectivity index (χ3n) is 3.17. The van der Waals surface area contributed by atoms with Gasteiger partial charge in [-0.05, 0) is 19.1 Å². The molecule has 1 aliphatic heterocycles. The predicted molar refractivity (Wildman–Crippen MR) is 68.8 cm³/mol. The molecule has 1 aromatic carbocycles. The topological polar surface area (TPSA) is 49.6 Å². The van der Waals surface area contributed by atoms with E-state index >= 15 is 0 Å². The zero-order chi connectivity index (χ0) is 13.1. The van der Waals surface area contributed by atoms with Gasteiger partial charge in [0.15, 0.2) is 0 Å². The first kappa shape index (κ1) is 12.8. The van der Waals surface area contributed by atoms with Crippen LogP contribution in [0.25, 0.3) is 0 Å². The lowest BCUT2D eigenvalue weighted by atomic mass is 10.2. The zero-order valence-electron chi connectivity index (χ0n) is 10.5. The maximum Gasteiger partial charge on any atom is 0.239 e. The fourth-order valence-electron chi connectivity index (χ4n) is 2.16. The number of carbonyl (C=O) groups is 1. The molecule has 1 saturated heterocycles. The van der Waals surface area contributed by atoms with Gasteiger partial charge in [-0.3, -0.25) is 4.79 Å². The van der Waals surface area contributed by atoms with Gasteiger partial charge in [0.2, 0.25) is 5.91 Å². The molecule has 0 bridgehead atoms. The van der Waals surface area contributed by atoms with E-state index in [9.17, 15) is 9.18 Å². The number of rotatable bonds is 2. The number of carbonyl (C=O) groups excluding carboxylic acids is 1. The molecule has 0 aliphatic carbocycles. The molecule has 0 saturated carbocycles. The summed E-state index contributed by atoms with van der Waals surface area (Å²) in [4.78, 5) is 15.4. The number of hydrogen-bond acceptors (Lipinski definition) is 3. The summed E-state index contributed by atoms with van der Waals surface area (Å²) >= 11 is 0. The highest BCUT2D eigenvalue weighted by atomic mass is 19.1. The highest BCUT2D eigenvalue weighted by molar-refractivity contribution is 5.81. The third-order valence-corrected chi connectivity index (χ3v) is 3.17. The van der Waals surface area contributed by atoms with Gasteiger partial charge in [0.1, 0.15) is 5.82 Å². The van der Waals surface area contributed by atoms with Crippen molar-refractivity contribution in [3.05, 3.63) is 30.1 Å². The molecule has 1 heterocycles. The number of anilines is 1. The highest BCUT2D eigenvalue weighted by Crippen LogP contribution is 2.20. The number of halogens is 1. The van der Waals surface area contributed by atoms with Crippen molar-refractivity contribution >= 4 is 11.6 Å². The first-order chi connectivity index (χ1) is 8.59. The molecule has 1 atom stereocenters. The Hall–Kier alpha value is -1.62. The molecule has 4 nitrogen and oxygen atoms in total. The van der Waals surface area contributed by atoms with Gasteiger partial charge < -0.3 is 15.5 Å². The van der Waals surface area contributed by atoms with Gasteiger partial charge in [-0.25, -0.2) is 4.39 Å². The molecule has 1 fully saturated rings. The number of para-hydroxylation sites is 1. The Labute approximate surface area is 106 Å². The SMILES string of the molecule is C[C@H](N)C(=O)N1CCN(c2ccccc2F)CC1. The monoisotopic (exact) mass is 251 g/mol. The van der Waals surface area contributed by atoms with Crippen LogP contribution < -0.4 is 10.6 Å². The van der Waals surface area contributed by atoms with Crippen LogP contribution in [0.4, 0.5) is 10.1 Å². The van der Waals surface area contributed by atoms with Gasteiger partial charge in [0, 0.05) is 26.2 Å². The molecule has 0 radical (unpaired) electrons. The van der Waals surface area contributed by atoms with E-state index in [1.807, 2.05) is 11.0 Å². The van der Waals surface area contributed by atoms with Gasteiger partial charge >= 0.3 is 0 Å². The van der Waals surface area contributed by atoms with E-state index in [4.69, 9.17) is 5.73 Å². The number of nitrogens with zero attached hydrogens (tertiary/aromatic N) is 2. The van der Waals surface area contributed by atoms with Crippen molar-refractivity contribution in [3.63, 3.8) is 0 Å². The van der Waals surface area contributed by atoms with E-state index in [0.717, 1.165) is 0 Å². The van der Waals surface area contributed by atoms with Crippen LogP contribution in [-0.4, -0.2) is 43.0 Å². The van der Waals surface area contributed by atoms with Crippen molar-refractivity contribution in [2.24, 2.45) is 5.73 Å². The molecule has 18 heavy (non-hydrogen) atoms. The molecule has 0 aromatic heterocycles. The van der Waals surface area contributed by atoms with E-state index in [2.05, 4.69) is 0 Å². The molecule has 0 spiro atoms. The van der Waals surface area contributed by atoms with Crippen LogP contribution in [0.15, 0.2) is 24.3 Å². The first-order valence-corrected chi connectivity index (χ1v) is 6.13. The van der Waals surface area contributed by atoms with Gasteiger partial charge in [0.25, 0.3) is 0 Å². The van der Waals surface area contributed by atoms with E-state index < -0.39 is 6.04 Å². The zero-order valence-corrected chi connectivity index (χ0v) is 10.5. The van der Waals surface area contributed by atoms with Crippen LogP contribution in [-0.2, 0) is 4.79 Å². The molecular weight excluding hydrogens is 233 g/mol. The third kappa shape index (κ3) is 2.61. The summed E-state index contributed by atoms with van der Waals surface area (Å²) in [5.74, 6) is -0.257. The predicted octanol–water partition coefficient (Wildman–Crippen LogP) is 0.822. The first-order valence-electron chi connectivity index (χ1n) is 6.13. The smallest absolute Gasteiger partial charge is 0.239 e. The molecule has 1 amide bonds. The quantitative estimate of drug-likeness (QED) is 0.846. The lowest BCUT2D eigenvalue weighted by Crippen LogP contribution is -2.52. The largest absolute Gasteiger partial charge is 0.366 e. The number of amides is 1. The van der Waals surface area contributed by atoms with Gasteiger partial charge in [-0.1, -0.05) is 12.1 Å². The van der Waals surface area contributed by atoms with Gasteiger partial charge in [0.05, 0.1) is 11.7 Å². The molecule has 2 rings (SSSR count). The number of piperazine rings is 1. The fourth-order valence-corrected chi connectivity index (χ4v) is 2.16. The van der Waals surface area contributed by atoms with E-state index in [-0.39, 0.29) is 11.7 Å². The summed E-state index contributed by atoms with van der Waals surface area (Å²) in [5, 5.41) is 0. The Bertz CT molecular complexity index is 428. The van der Waals surface area contributed by atoms with E-state index in [1.54, 1.807) is 24.0 Å². The molecular formula is C13H18FN3O. The second-order valence-corrected chi connectivity index (χ2v) is 4.55. The summed E-state index contributed by atoms with van der Waals surface area (Å²) in [5.41, 5.74) is 6.17. The summed E-state index contributed by atoms with van der Waals surface area (Å²) in [7, 11) is 0. The Kier molecular flexibility index (Phi) is 3.81. The van der Waals surface area contributed by atoms with Crippen LogP contribution in [0.5, 0.6) is 0 Å². The summed E-state index contributed by atoms with van der Waals surface area (Å²) in [6, 6.07) is 6.24. The maximum atomic E-state index is 13.6. The lowest BCUT2D eigenvalue weighted by Gasteiger charge is -2.36. The minimum absolute atomic E-state index is 0.0387. The van der Waals surface area contributed by atoms with Crippen LogP contribution in [0.2, 0.25) is 0 Å².